The van der Waals surface area contributed by atoms with Crippen LogP contribution < -0.4 is 5.32 Å². The first-order chi connectivity index (χ1) is 10.7. The van der Waals surface area contributed by atoms with Crippen LogP contribution in [-0.2, 0) is 9.53 Å². The van der Waals surface area contributed by atoms with Crippen molar-refractivity contribution >= 4 is 5.91 Å². The summed E-state index contributed by atoms with van der Waals surface area (Å²) < 4.78 is 19.3. The molecule has 2 aliphatic rings. The van der Waals surface area contributed by atoms with Gasteiger partial charge in [0.25, 0.3) is 0 Å². The molecule has 0 aliphatic carbocycles. The predicted octanol–water partition coefficient (Wildman–Crippen LogP) is 1.91. The summed E-state index contributed by atoms with van der Waals surface area (Å²) in [6.07, 6.45) is 3.18. The van der Waals surface area contributed by atoms with E-state index < -0.39 is 0 Å². The Kier molecular flexibility index (Phi) is 5.05. The van der Waals surface area contributed by atoms with Crippen molar-refractivity contribution in [1.29, 1.82) is 0 Å². The number of amides is 1. The van der Waals surface area contributed by atoms with Crippen LogP contribution in [0, 0.1) is 5.82 Å². The van der Waals surface area contributed by atoms with Crippen molar-refractivity contribution in [2.24, 2.45) is 0 Å². The van der Waals surface area contributed by atoms with Gasteiger partial charge in [0, 0.05) is 25.6 Å². The van der Waals surface area contributed by atoms with Gasteiger partial charge in [0.15, 0.2) is 0 Å². The fourth-order valence-electron chi connectivity index (χ4n) is 3.33. The Hall–Kier alpha value is -1.46. The van der Waals surface area contributed by atoms with Gasteiger partial charge in [0.05, 0.1) is 12.6 Å². The van der Waals surface area contributed by atoms with Crippen molar-refractivity contribution in [2.75, 3.05) is 32.8 Å². The van der Waals surface area contributed by atoms with Gasteiger partial charge in [-0.1, -0.05) is 18.2 Å². The first-order valence-corrected chi connectivity index (χ1v) is 8.07. The van der Waals surface area contributed by atoms with Gasteiger partial charge in [0.2, 0.25) is 5.91 Å². The molecule has 1 aromatic carbocycles. The molecule has 2 atom stereocenters. The van der Waals surface area contributed by atoms with E-state index in [4.69, 9.17) is 4.74 Å². The molecule has 0 radical (unpaired) electrons. The number of carbonyl (C=O) groups excluding carboxylic acids is 1. The summed E-state index contributed by atoms with van der Waals surface area (Å²) in [5, 5.41) is 2.94. The number of benzene rings is 1. The Morgan fingerprint density at radius 3 is 3.00 bits per heavy atom. The molecule has 4 nitrogen and oxygen atoms in total. The van der Waals surface area contributed by atoms with Crippen LogP contribution >= 0.6 is 0 Å². The Morgan fingerprint density at radius 1 is 1.36 bits per heavy atom. The van der Waals surface area contributed by atoms with Crippen molar-refractivity contribution in [3.8, 4) is 0 Å². The molecular weight excluding hydrogens is 283 g/mol. The normalized spacial score (nSPS) is 25.5. The van der Waals surface area contributed by atoms with Gasteiger partial charge in [-0.3, -0.25) is 9.69 Å². The maximum atomic E-state index is 13.8. The first kappa shape index (κ1) is 15.4. The summed E-state index contributed by atoms with van der Waals surface area (Å²) in [6, 6.07) is 6.94. The number of nitrogens with zero attached hydrogens (tertiary/aromatic N) is 1. The zero-order valence-electron chi connectivity index (χ0n) is 12.8. The van der Waals surface area contributed by atoms with Crippen LogP contribution in [0.1, 0.15) is 30.7 Å². The maximum Gasteiger partial charge on any atom is 0.234 e. The van der Waals surface area contributed by atoms with Crippen LogP contribution in [0.25, 0.3) is 0 Å². The molecule has 0 spiro atoms. The topological polar surface area (TPSA) is 41.6 Å². The molecule has 1 N–H and O–H groups in total. The van der Waals surface area contributed by atoms with Gasteiger partial charge in [-0.15, -0.1) is 0 Å². The van der Waals surface area contributed by atoms with E-state index in [2.05, 4.69) is 10.2 Å². The van der Waals surface area contributed by atoms with E-state index in [0.717, 1.165) is 44.5 Å². The molecule has 2 fully saturated rings. The molecular formula is C17H23FN2O2. The predicted molar refractivity (Wildman–Crippen MR) is 82.2 cm³/mol. The van der Waals surface area contributed by atoms with Crippen LogP contribution in [0.15, 0.2) is 24.3 Å². The summed E-state index contributed by atoms with van der Waals surface area (Å²) in [5.74, 6) is 0.0778. The van der Waals surface area contributed by atoms with Gasteiger partial charge in [0.1, 0.15) is 5.82 Å². The van der Waals surface area contributed by atoms with E-state index in [1.54, 1.807) is 6.07 Å². The lowest BCUT2D eigenvalue weighted by atomic mass is 9.98. The minimum absolute atomic E-state index is 0.0321. The van der Waals surface area contributed by atoms with Gasteiger partial charge >= 0.3 is 0 Å². The maximum absolute atomic E-state index is 13.8. The van der Waals surface area contributed by atoms with Gasteiger partial charge in [-0.05, 0) is 37.4 Å². The Morgan fingerprint density at radius 2 is 2.23 bits per heavy atom. The highest BCUT2D eigenvalue weighted by atomic mass is 19.1. The lowest BCUT2D eigenvalue weighted by molar-refractivity contribution is -0.122. The third kappa shape index (κ3) is 3.84. The number of carbonyl (C=O) groups is 1. The van der Waals surface area contributed by atoms with E-state index in [0.29, 0.717) is 13.1 Å². The monoisotopic (exact) mass is 306 g/mol. The largest absolute Gasteiger partial charge is 0.376 e. The average molecular weight is 306 g/mol. The Bertz CT molecular complexity index is 517. The standard InChI is InChI=1S/C17H23FN2O2/c18-16-6-2-1-5-15(16)13-7-8-20(11-13)12-17(21)19-10-14-4-3-9-22-14/h1-2,5-6,13-14H,3-4,7-12H2,(H,19,21)/t13-,14+/m1/s1. The number of ether oxygens (including phenoxy) is 1. The molecule has 0 saturated carbocycles. The molecule has 1 amide bonds. The van der Waals surface area contributed by atoms with Gasteiger partial charge in [-0.25, -0.2) is 4.39 Å². The van der Waals surface area contributed by atoms with Gasteiger partial charge < -0.3 is 10.1 Å². The van der Waals surface area contributed by atoms with E-state index in [1.165, 1.54) is 6.07 Å². The number of likely N-dealkylation sites (tertiary alicyclic amines) is 1. The number of hydrogen-bond donors (Lipinski definition) is 1. The van der Waals surface area contributed by atoms with Gasteiger partial charge in [-0.2, -0.15) is 0 Å². The number of hydrogen-bond acceptors (Lipinski definition) is 3. The highest BCUT2D eigenvalue weighted by molar-refractivity contribution is 5.78. The van der Waals surface area contributed by atoms with E-state index in [9.17, 15) is 9.18 Å². The van der Waals surface area contributed by atoms with Crippen LogP contribution in [0.4, 0.5) is 4.39 Å². The van der Waals surface area contributed by atoms with E-state index in [1.807, 2.05) is 12.1 Å². The molecule has 0 aromatic heterocycles. The Labute approximate surface area is 130 Å². The second-order valence-electron chi connectivity index (χ2n) is 6.18. The van der Waals surface area contributed by atoms with Crippen molar-refractivity contribution in [1.82, 2.24) is 10.2 Å². The summed E-state index contributed by atoms with van der Waals surface area (Å²) in [5.41, 5.74) is 0.768. The first-order valence-electron chi connectivity index (χ1n) is 8.07. The average Bonchev–Trinajstić information content (AvgIpc) is 3.17. The smallest absolute Gasteiger partial charge is 0.234 e. The van der Waals surface area contributed by atoms with Crippen LogP contribution in [0.3, 0.4) is 0 Å². The Balaban J connectivity index is 1.44. The molecule has 120 valence electrons. The molecule has 2 aliphatic heterocycles. The molecule has 2 heterocycles. The highest BCUT2D eigenvalue weighted by Crippen LogP contribution is 2.28. The molecule has 2 saturated heterocycles. The molecule has 0 unspecified atom stereocenters. The number of halogens is 1. The third-order valence-corrected chi connectivity index (χ3v) is 4.54. The van der Waals surface area contributed by atoms with Crippen LogP contribution in [0.5, 0.6) is 0 Å². The van der Waals surface area contributed by atoms with Crippen molar-refractivity contribution in [3.05, 3.63) is 35.6 Å². The molecule has 3 rings (SSSR count). The quantitative estimate of drug-likeness (QED) is 0.903. The molecule has 0 bridgehead atoms. The van der Waals surface area contributed by atoms with Crippen LogP contribution in [-0.4, -0.2) is 49.7 Å². The highest BCUT2D eigenvalue weighted by Gasteiger charge is 2.27. The SMILES string of the molecule is O=C(CN1CC[C@@H](c2ccccc2F)C1)NC[C@@H]1CCCO1. The van der Waals surface area contributed by atoms with Crippen molar-refractivity contribution < 1.29 is 13.9 Å². The molecule has 22 heavy (non-hydrogen) atoms. The fourth-order valence-corrected chi connectivity index (χ4v) is 3.33. The number of rotatable bonds is 5. The minimum atomic E-state index is -0.141. The minimum Gasteiger partial charge on any atom is -0.376 e. The van der Waals surface area contributed by atoms with Crippen molar-refractivity contribution in [2.45, 2.75) is 31.3 Å². The zero-order chi connectivity index (χ0) is 15.4. The van der Waals surface area contributed by atoms with E-state index >= 15 is 0 Å². The lowest BCUT2D eigenvalue weighted by Crippen LogP contribution is -2.39. The zero-order valence-corrected chi connectivity index (χ0v) is 12.8. The third-order valence-electron chi connectivity index (χ3n) is 4.54. The summed E-state index contributed by atoms with van der Waals surface area (Å²) in [4.78, 5) is 14.1. The summed E-state index contributed by atoms with van der Waals surface area (Å²) in [7, 11) is 0. The lowest BCUT2D eigenvalue weighted by Gasteiger charge is -2.17. The molecule has 5 heteroatoms. The summed E-state index contributed by atoms with van der Waals surface area (Å²) >= 11 is 0. The van der Waals surface area contributed by atoms with Crippen molar-refractivity contribution in [3.63, 3.8) is 0 Å². The fraction of sp³-hybridized carbons (Fsp3) is 0.588. The second-order valence-corrected chi connectivity index (χ2v) is 6.18. The second kappa shape index (κ2) is 7.20. The van der Waals surface area contributed by atoms with Crippen LogP contribution in [0.2, 0.25) is 0 Å². The number of nitrogens with one attached hydrogen (secondary N) is 1. The molecule has 1 aromatic rings. The van der Waals surface area contributed by atoms with E-state index in [-0.39, 0.29) is 23.7 Å². The summed E-state index contributed by atoms with van der Waals surface area (Å²) in [6.45, 7) is 3.37.